The van der Waals surface area contributed by atoms with E-state index in [-0.39, 0.29) is 37.2 Å². The number of carbonyl (C=O) groups is 3. The van der Waals surface area contributed by atoms with Gasteiger partial charge in [-0.1, -0.05) is 30.3 Å². The summed E-state index contributed by atoms with van der Waals surface area (Å²) in [5.74, 6) is -1.13. The summed E-state index contributed by atoms with van der Waals surface area (Å²) in [6.45, 7) is 1.74. The Balaban J connectivity index is 2.18. The standard InChI is InChI=1S/C16H23N3O3/c1-12(7-8-13-5-3-2-4-6-13)19-16(22)10-9-15(21)18-11-14(17)20/h2-6,12H,7-11H2,1H3,(H2,17,20)(H,18,21)(H,19,22). The van der Waals surface area contributed by atoms with E-state index in [2.05, 4.69) is 22.8 Å². The zero-order chi connectivity index (χ0) is 16.4. The van der Waals surface area contributed by atoms with E-state index in [0.717, 1.165) is 12.8 Å². The molecule has 0 aliphatic rings. The lowest BCUT2D eigenvalue weighted by Crippen LogP contribution is -2.36. The molecule has 0 heterocycles. The number of hydrogen-bond donors (Lipinski definition) is 3. The van der Waals surface area contributed by atoms with Crippen LogP contribution in [0, 0.1) is 0 Å². The molecule has 6 nitrogen and oxygen atoms in total. The second-order valence-corrected chi connectivity index (χ2v) is 5.24. The summed E-state index contributed by atoms with van der Waals surface area (Å²) in [4.78, 5) is 33.6. The van der Waals surface area contributed by atoms with Crippen molar-refractivity contribution in [1.82, 2.24) is 10.6 Å². The Hall–Kier alpha value is -2.37. The van der Waals surface area contributed by atoms with Crippen molar-refractivity contribution >= 4 is 17.7 Å². The van der Waals surface area contributed by atoms with E-state index in [1.54, 1.807) is 0 Å². The van der Waals surface area contributed by atoms with Crippen LogP contribution in [0.2, 0.25) is 0 Å². The maximum absolute atomic E-state index is 11.7. The largest absolute Gasteiger partial charge is 0.368 e. The van der Waals surface area contributed by atoms with E-state index < -0.39 is 5.91 Å². The quantitative estimate of drug-likeness (QED) is 0.619. The van der Waals surface area contributed by atoms with Crippen LogP contribution in [-0.4, -0.2) is 30.3 Å². The van der Waals surface area contributed by atoms with Crippen LogP contribution in [-0.2, 0) is 20.8 Å². The molecule has 1 aromatic carbocycles. The molecule has 0 saturated carbocycles. The molecule has 0 bridgehead atoms. The van der Waals surface area contributed by atoms with Gasteiger partial charge in [-0.05, 0) is 25.3 Å². The van der Waals surface area contributed by atoms with Crippen LogP contribution in [0.1, 0.15) is 31.7 Å². The summed E-state index contributed by atoms with van der Waals surface area (Å²) in [6.07, 6.45) is 1.87. The van der Waals surface area contributed by atoms with Crippen LogP contribution >= 0.6 is 0 Å². The van der Waals surface area contributed by atoms with Gasteiger partial charge in [0.25, 0.3) is 0 Å². The molecule has 1 rings (SSSR count). The highest BCUT2D eigenvalue weighted by Crippen LogP contribution is 2.05. The number of aryl methyl sites for hydroxylation is 1. The predicted octanol–water partition coefficient (Wildman–Crippen LogP) is 0.506. The molecule has 0 aliphatic carbocycles. The van der Waals surface area contributed by atoms with Gasteiger partial charge in [-0.3, -0.25) is 14.4 Å². The highest BCUT2D eigenvalue weighted by molar-refractivity contribution is 5.86. The number of benzene rings is 1. The Bertz CT molecular complexity index is 503. The topological polar surface area (TPSA) is 101 Å². The molecule has 1 unspecified atom stereocenters. The molecule has 1 aromatic rings. The molecule has 0 aliphatic heterocycles. The highest BCUT2D eigenvalue weighted by Gasteiger charge is 2.10. The SMILES string of the molecule is CC(CCc1ccccc1)NC(=O)CCC(=O)NCC(N)=O. The summed E-state index contributed by atoms with van der Waals surface area (Å²) in [7, 11) is 0. The van der Waals surface area contributed by atoms with Gasteiger partial charge in [0.2, 0.25) is 17.7 Å². The minimum absolute atomic E-state index is 0.0430. The first-order chi connectivity index (χ1) is 10.5. The fourth-order valence-electron chi connectivity index (χ4n) is 1.95. The molecule has 3 amide bonds. The van der Waals surface area contributed by atoms with Crippen LogP contribution in [0.25, 0.3) is 0 Å². The smallest absolute Gasteiger partial charge is 0.236 e. The first kappa shape index (κ1) is 17.7. The van der Waals surface area contributed by atoms with Crippen molar-refractivity contribution in [2.24, 2.45) is 5.73 Å². The van der Waals surface area contributed by atoms with Crippen molar-refractivity contribution in [2.45, 2.75) is 38.6 Å². The van der Waals surface area contributed by atoms with Gasteiger partial charge in [0, 0.05) is 18.9 Å². The number of amides is 3. The minimum Gasteiger partial charge on any atom is -0.368 e. The lowest BCUT2D eigenvalue weighted by molar-refractivity contribution is -0.127. The van der Waals surface area contributed by atoms with Crippen LogP contribution in [0.15, 0.2) is 30.3 Å². The molecule has 120 valence electrons. The zero-order valence-corrected chi connectivity index (χ0v) is 12.8. The first-order valence-electron chi connectivity index (χ1n) is 7.35. The summed E-state index contributed by atoms with van der Waals surface area (Å²) < 4.78 is 0. The Kier molecular flexibility index (Phi) is 7.67. The first-order valence-corrected chi connectivity index (χ1v) is 7.35. The van der Waals surface area contributed by atoms with Gasteiger partial charge in [-0.2, -0.15) is 0 Å². The molecule has 0 radical (unpaired) electrons. The van der Waals surface area contributed by atoms with Gasteiger partial charge >= 0.3 is 0 Å². The molecule has 6 heteroatoms. The predicted molar refractivity (Wildman–Crippen MR) is 83.8 cm³/mol. The van der Waals surface area contributed by atoms with Gasteiger partial charge in [-0.15, -0.1) is 0 Å². The van der Waals surface area contributed by atoms with E-state index >= 15 is 0 Å². The lowest BCUT2D eigenvalue weighted by Gasteiger charge is -2.13. The third kappa shape index (κ3) is 8.04. The maximum Gasteiger partial charge on any atom is 0.236 e. The van der Waals surface area contributed by atoms with Gasteiger partial charge in [-0.25, -0.2) is 0 Å². The van der Waals surface area contributed by atoms with Gasteiger partial charge in [0.15, 0.2) is 0 Å². The number of primary amides is 1. The van der Waals surface area contributed by atoms with Crippen molar-refractivity contribution in [3.63, 3.8) is 0 Å². The molecule has 0 aromatic heterocycles. The van der Waals surface area contributed by atoms with Gasteiger partial charge in [0.1, 0.15) is 0 Å². The maximum atomic E-state index is 11.7. The van der Waals surface area contributed by atoms with E-state index in [9.17, 15) is 14.4 Å². The molecule has 0 saturated heterocycles. The second kappa shape index (κ2) is 9.55. The second-order valence-electron chi connectivity index (χ2n) is 5.24. The minimum atomic E-state index is -0.604. The molecule has 4 N–H and O–H groups in total. The van der Waals surface area contributed by atoms with Crippen molar-refractivity contribution in [1.29, 1.82) is 0 Å². The van der Waals surface area contributed by atoms with Gasteiger partial charge in [0.05, 0.1) is 6.54 Å². The summed E-state index contributed by atoms with van der Waals surface area (Å²) in [5.41, 5.74) is 6.14. The fraction of sp³-hybridized carbons (Fsp3) is 0.438. The van der Waals surface area contributed by atoms with Crippen molar-refractivity contribution in [3.8, 4) is 0 Å². The molecule has 1 atom stereocenters. The van der Waals surface area contributed by atoms with E-state index in [0.29, 0.717) is 0 Å². The third-order valence-electron chi connectivity index (χ3n) is 3.16. The Labute approximate surface area is 130 Å². The number of hydrogen-bond acceptors (Lipinski definition) is 3. The van der Waals surface area contributed by atoms with Gasteiger partial charge < -0.3 is 16.4 Å². The monoisotopic (exact) mass is 305 g/mol. The highest BCUT2D eigenvalue weighted by atomic mass is 16.2. The van der Waals surface area contributed by atoms with Crippen molar-refractivity contribution in [2.75, 3.05) is 6.54 Å². The van der Waals surface area contributed by atoms with Crippen LogP contribution in [0.4, 0.5) is 0 Å². The van der Waals surface area contributed by atoms with Crippen molar-refractivity contribution in [3.05, 3.63) is 35.9 Å². The van der Waals surface area contributed by atoms with Crippen LogP contribution in [0.3, 0.4) is 0 Å². The number of rotatable bonds is 9. The molecule has 0 fully saturated rings. The average molecular weight is 305 g/mol. The molecule has 22 heavy (non-hydrogen) atoms. The molecule has 0 spiro atoms. The van der Waals surface area contributed by atoms with E-state index in [4.69, 9.17) is 5.73 Å². The fourth-order valence-corrected chi connectivity index (χ4v) is 1.95. The zero-order valence-electron chi connectivity index (χ0n) is 12.8. The third-order valence-corrected chi connectivity index (χ3v) is 3.16. The van der Waals surface area contributed by atoms with Crippen LogP contribution < -0.4 is 16.4 Å². The average Bonchev–Trinajstić information content (AvgIpc) is 2.50. The van der Waals surface area contributed by atoms with Crippen molar-refractivity contribution < 1.29 is 14.4 Å². The Morgan fingerprint density at radius 3 is 2.36 bits per heavy atom. The number of nitrogens with two attached hydrogens (primary N) is 1. The van der Waals surface area contributed by atoms with E-state index in [1.807, 2.05) is 25.1 Å². The lowest BCUT2D eigenvalue weighted by atomic mass is 10.1. The molecular formula is C16H23N3O3. The Morgan fingerprint density at radius 2 is 1.73 bits per heavy atom. The summed E-state index contributed by atoms with van der Waals surface area (Å²) >= 11 is 0. The number of nitrogens with one attached hydrogen (secondary N) is 2. The summed E-state index contributed by atoms with van der Waals surface area (Å²) in [5, 5.41) is 5.20. The number of carbonyl (C=O) groups excluding carboxylic acids is 3. The normalized spacial score (nSPS) is 11.5. The van der Waals surface area contributed by atoms with Crippen LogP contribution in [0.5, 0.6) is 0 Å². The van der Waals surface area contributed by atoms with E-state index in [1.165, 1.54) is 5.56 Å². The summed E-state index contributed by atoms with van der Waals surface area (Å²) in [6, 6.07) is 10.1. The molecular weight excluding hydrogens is 282 g/mol. The Morgan fingerprint density at radius 1 is 1.09 bits per heavy atom.